The molecule has 0 unspecified atom stereocenters. The number of nitrogens with zero attached hydrogens (tertiary/aromatic N) is 1. The van der Waals surface area contributed by atoms with Crippen LogP contribution in [-0.4, -0.2) is 40.6 Å². The van der Waals surface area contributed by atoms with Gasteiger partial charge in [0, 0.05) is 25.0 Å². The molecule has 0 aromatic rings. The second-order valence-electron chi connectivity index (χ2n) is 5.57. The van der Waals surface area contributed by atoms with Gasteiger partial charge in [0.2, 0.25) is 0 Å². The average Bonchev–Trinajstić information content (AvgIpc) is 2.09. The fraction of sp³-hybridized carbons (Fsp3) is 1.00. The van der Waals surface area contributed by atoms with Crippen LogP contribution in [0, 0.1) is 5.41 Å². The van der Waals surface area contributed by atoms with Gasteiger partial charge in [0.05, 0.1) is 5.60 Å². The molecule has 0 saturated carbocycles. The van der Waals surface area contributed by atoms with Crippen molar-refractivity contribution < 1.29 is 5.11 Å². The summed E-state index contributed by atoms with van der Waals surface area (Å²) in [6.45, 7) is 9.67. The Morgan fingerprint density at radius 2 is 1.86 bits per heavy atom. The molecular formula is C11H22BrNO. The Labute approximate surface area is 95.8 Å². The van der Waals surface area contributed by atoms with Crippen LogP contribution in [0.3, 0.4) is 0 Å². The molecular weight excluding hydrogens is 242 g/mol. The average molecular weight is 264 g/mol. The van der Waals surface area contributed by atoms with Crippen LogP contribution in [0.1, 0.15) is 33.6 Å². The zero-order valence-electron chi connectivity index (χ0n) is 9.52. The molecule has 0 aromatic heterocycles. The van der Waals surface area contributed by atoms with Gasteiger partial charge in [0.1, 0.15) is 0 Å². The Kier molecular flexibility index (Phi) is 4.01. The minimum atomic E-state index is -0.422. The molecule has 2 nitrogen and oxygen atoms in total. The van der Waals surface area contributed by atoms with Crippen LogP contribution in [0.4, 0.5) is 0 Å². The third kappa shape index (κ3) is 3.87. The van der Waals surface area contributed by atoms with Gasteiger partial charge in [-0.05, 0) is 25.2 Å². The Morgan fingerprint density at radius 3 is 2.29 bits per heavy atom. The first-order chi connectivity index (χ1) is 6.35. The minimum absolute atomic E-state index is 0.337. The number of halogens is 1. The van der Waals surface area contributed by atoms with Crippen LogP contribution in [0.25, 0.3) is 0 Å². The van der Waals surface area contributed by atoms with Crippen molar-refractivity contribution in [1.29, 1.82) is 0 Å². The lowest BCUT2D eigenvalue weighted by atomic mass is 9.90. The van der Waals surface area contributed by atoms with Gasteiger partial charge in [0.15, 0.2) is 0 Å². The molecule has 0 atom stereocenters. The first-order valence-corrected chi connectivity index (χ1v) is 6.48. The summed E-state index contributed by atoms with van der Waals surface area (Å²) >= 11 is 3.54. The van der Waals surface area contributed by atoms with Gasteiger partial charge in [-0.2, -0.15) is 0 Å². The molecule has 0 bridgehead atoms. The van der Waals surface area contributed by atoms with E-state index in [-0.39, 0.29) is 0 Å². The molecule has 1 aliphatic rings. The van der Waals surface area contributed by atoms with Crippen molar-refractivity contribution in [3.63, 3.8) is 0 Å². The van der Waals surface area contributed by atoms with Crippen molar-refractivity contribution >= 4 is 15.9 Å². The van der Waals surface area contributed by atoms with Crippen molar-refractivity contribution in [2.75, 3.05) is 25.0 Å². The van der Waals surface area contributed by atoms with Crippen LogP contribution in [-0.2, 0) is 0 Å². The van der Waals surface area contributed by atoms with Gasteiger partial charge < -0.3 is 10.0 Å². The van der Waals surface area contributed by atoms with Gasteiger partial charge in [0.25, 0.3) is 0 Å². The van der Waals surface area contributed by atoms with Crippen molar-refractivity contribution in [2.45, 2.75) is 39.2 Å². The third-order valence-corrected chi connectivity index (χ3v) is 4.46. The molecule has 0 radical (unpaired) electrons. The van der Waals surface area contributed by atoms with Crippen molar-refractivity contribution in [3.8, 4) is 0 Å². The van der Waals surface area contributed by atoms with Crippen LogP contribution >= 0.6 is 15.9 Å². The standard InChI is InChI=1S/C11H22BrNO/c1-10(2,8-12)9-13-6-4-11(3,14)5-7-13/h14H,4-9H2,1-3H3. The predicted octanol–water partition coefficient (Wildman–Crippen LogP) is 2.25. The monoisotopic (exact) mass is 263 g/mol. The number of piperidine rings is 1. The van der Waals surface area contributed by atoms with Crippen molar-refractivity contribution in [1.82, 2.24) is 4.90 Å². The summed E-state index contributed by atoms with van der Waals surface area (Å²) in [4.78, 5) is 2.46. The molecule has 1 rings (SSSR count). The van der Waals surface area contributed by atoms with Gasteiger partial charge in [-0.15, -0.1) is 0 Å². The van der Waals surface area contributed by atoms with E-state index in [1.807, 2.05) is 6.92 Å². The van der Waals surface area contributed by atoms with Gasteiger partial charge in [-0.1, -0.05) is 29.8 Å². The zero-order valence-corrected chi connectivity index (χ0v) is 11.1. The lowest BCUT2D eigenvalue weighted by Crippen LogP contribution is -2.46. The summed E-state index contributed by atoms with van der Waals surface area (Å²) < 4.78 is 0. The summed E-state index contributed by atoms with van der Waals surface area (Å²) in [5, 5.41) is 10.8. The molecule has 1 fully saturated rings. The van der Waals surface area contributed by atoms with E-state index < -0.39 is 5.60 Å². The summed E-state index contributed by atoms with van der Waals surface area (Å²) in [5.74, 6) is 0. The Balaban J connectivity index is 2.36. The summed E-state index contributed by atoms with van der Waals surface area (Å²) in [7, 11) is 0. The molecule has 84 valence electrons. The predicted molar refractivity (Wildman–Crippen MR) is 63.9 cm³/mol. The lowest BCUT2D eigenvalue weighted by Gasteiger charge is -2.39. The first kappa shape index (κ1) is 12.5. The van der Waals surface area contributed by atoms with Crippen molar-refractivity contribution in [3.05, 3.63) is 0 Å². The van der Waals surface area contributed by atoms with Crippen LogP contribution < -0.4 is 0 Å². The van der Waals surface area contributed by atoms with E-state index in [9.17, 15) is 5.11 Å². The van der Waals surface area contributed by atoms with Crippen LogP contribution in [0.2, 0.25) is 0 Å². The highest BCUT2D eigenvalue weighted by Crippen LogP contribution is 2.25. The van der Waals surface area contributed by atoms with E-state index >= 15 is 0 Å². The smallest absolute Gasteiger partial charge is 0.0644 e. The number of hydrogen-bond acceptors (Lipinski definition) is 2. The molecule has 0 spiro atoms. The van der Waals surface area contributed by atoms with E-state index in [1.165, 1.54) is 0 Å². The molecule has 1 saturated heterocycles. The third-order valence-electron chi connectivity index (χ3n) is 2.95. The fourth-order valence-corrected chi connectivity index (χ4v) is 2.02. The molecule has 0 amide bonds. The fourth-order valence-electron chi connectivity index (χ4n) is 1.84. The number of likely N-dealkylation sites (tertiary alicyclic amines) is 1. The van der Waals surface area contributed by atoms with E-state index in [1.54, 1.807) is 0 Å². The summed E-state index contributed by atoms with van der Waals surface area (Å²) in [6.07, 6.45) is 1.82. The van der Waals surface area contributed by atoms with Gasteiger partial charge >= 0.3 is 0 Å². The second-order valence-corrected chi connectivity index (χ2v) is 6.13. The highest BCUT2D eigenvalue weighted by molar-refractivity contribution is 9.09. The van der Waals surface area contributed by atoms with E-state index in [4.69, 9.17) is 0 Å². The molecule has 1 aliphatic heterocycles. The number of aliphatic hydroxyl groups is 1. The maximum Gasteiger partial charge on any atom is 0.0644 e. The quantitative estimate of drug-likeness (QED) is 0.790. The molecule has 14 heavy (non-hydrogen) atoms. The maximum absolute atomic E-state index is 9.81. The molecule has 1 N–H and O–H groups in total. The lowest BCUT2D eigenvalue weighted by molar-refractivity contribution is -0.0119. The topological polar surface area (TPSA) is 23.5 Å². The molecule has 0 aliphatic carbocycles. The van der Waals surface area contributed by atoms with Crippen molar-refractivity contribution in [2.24, 2.45) is 5.41 Å². The summed E-state index contributed by atoms with van der Waals surface area (Å²) in [5.41, 5.74) is -0.0851. The van der Waals surface area contributed by atoms with Crippen LogP contribution in [0.5, 0.6) is 0 Å². The first-order valence-electron chi connectivity index (χ1n) is 5.35. The Hall–Kier alpha value is 0.400. The molecule has 3 heteroatoms. The van der Waals surface area contributed by atoms with Gasteiger partial charge in [-0.3, -0.25) is 0 Å². The second kappa shape index (κ2) is 4.50. The number of hydrogen-bond donors (Lipinski definition) is 1. The number of alkyl halides is 1. The van der Waals surface area contributed by atoms with E-state index in [0.29, 0.717) is 5.41 Å². The minimum Gasteiger partial charge on any atom is -0.390 e. The summed E-state index contributed by atoms with van der Waals surface area (Å²) in [6, 6.07) is 0. The highest BCUT2D eigenvalue weighted by Gasteiger charge is 2.29. The molecule has 0 aromatic carbocycles. The zero-order chi connectivity index (χ0) is 10.8. The largest absolute Gasteiger partial charge is 0.390 e. The Morgan fingerprint density at radius 1 is 1.36 bits per heavy atom. The number of rotatable bonds is 3. The SMILES string of the molecule is CC(C)(CBr)CN1CCC(C)(O)CC1. The normalized spacial score (nSPS) is 23.8. The molecule has 1 heterocycles. The van der Waals surface area contributed by atoms with E-state index in [2.05, 4.69) is 34.7 Å². The van der Waals surface area contributed by atoms with Gasteiger partial charge in [-0.25, -0.2) is 0 Å². The maximum atomic E-state index is 9.81. The highest BCUT2D eigenvalue weighted by atomic mass is 79.9. The Bertz CT molecular complexity index is 182. The van der Waals surface area contributed by atoms with Crippen LogP contribution in [0.15, 0.2) is 0 Å². The van der Waals surface area contributed by atoms with E-state index in [0.717, 1.165) is 37.8 Å².